The van der Waals surface area contributed by atoms with Crippen molar-refractivity contribution in [2.75, 3.05) is 5.32 Å². The van der Waals surface area contributed by atoms with Gasteiger partial charge in [-0.15, -0.1) is 0 Å². The number of aromatic amines is 1. The maximum absolute atomic E-state index is 12.3. The number of rotatable bonds is 4. The molecule has 3 N–H and O–H groups in total. The monoisotopic (exact) mass is 315 g/mol. The van der Waals surface area contributed by atoms with E-state index in [9.17, 15) is 9.59 Å². The first-order valence-corrected chi connectivity index (χ1v) is 7.38. The van der Waals surface area contributed by atoms with E-state index in [1.54, 1.807) is 37.3 Å². The summed E-state index contributed by atoms with van der Waals surface area (Å²) in [6.07, 6.45) is 0. The molecule has 6 nitrogen and oxygen atoms in total. The number of benzene rings is 1. The lowest BCUT2D eigenvalue weighted by atomic mass is 9.92. The molecule has 0 radical (unpaired) electrons. The van der Waals surface area contributed by atoms with E-state index in [1.807, 2.05) is 20.8 Å². The lowest BCUT2D eigenvalue weighted by Gasteiger charge is -2.14. The van der Waals surface area contributed by atoms with E-state index in [-0.39, 0.29) is 11.3 Å². The van der Waals surface area contributed by atoms with E-state index >= 15 is 0 Å². The molecule has 0 saturated carbocycles. The average Bonchev–Trinajstić information content (AvgIpc) is 2.96. The Kier molecular flexibility index (Phi) is 4.54. The number of nitrogens with one attached hydrogen (secondary N) is 2. The molecule has 1 unspecified atom stereocenters. The normalized spacial score (nSPS) is 12.7. The third-order valence-electron chi connectivity index (χ3n) is 3.63. The van der Waals surface area contributed by atoms with E-state index in [1.165, 1.54) is 0 Å². The SMILES string of the molecule is CC(C(=O)O)c1cccc(NC(=O)c2cc(C(C)(C)C)[nH]n2)c1. The third-order valence-corrected chi connectivity index (χ3v) is 3.63. The van der Waals surface area contributed by atoms with Crippen LogP contribution in [0.4, 0.5) is 5.69 Å². The molecule has 1 aromatic heterocycles. The molecule has 0 aliphatic rings. The number of hydrogen-bond acceptors (Lipinski definition) is 3. The van der Waals surface area contributed by atoms with Gasteiger partial charge >= 0.3 is 5.97 Å². The number of carbonyl (C=O) groups is 2. The molecule has 122 valence electrons. The summed E-state index contributed by atoms with van der Waals surface area (Å²) in [5, 5.41) is 18.7. The summed E-state index contributed by atoms with van der Waals surface area (Å²) in [6, 6.07) is 8.54. The number of amides is 1. The summed E-state index contributed by atoms with van der Waals surface area (Å²) < 4.78 is 0. The van der Waals surface area contributed by atoms with Crippen LogP contribution < -0.4 is 5.32 Å². The fraction of sp³-hybridized carbons (Fsp3) is 0.353. The number of carbonyl (C=O) groups excluding carboxylic acids is 1. The van der Waals surface area contributed by atoms with E-state index in [4.69, 9.17) is 5.11 Å². The van der Waals surface area contributed by atoms with Crippen molar-refractivity contribution in [3.05, 3.63) is 47.3 Å². The number of anilines is 1. The molecule has 1 aromatic carbocycles. The van der Waals surface area contributed by atoms with Gasteiger partial charge in [-0.05, 0) is 30.7 Å². The van der Waals surface area contributed by atoms with Crippen LogP contribution in [0.5, 0.6) is 0 Å². The minimum atomic E-state index is -0.907. The number of hydrogen-bond donors (Lipinski definition) is 3. The Bertz CT molecular complexity index is 729. The molecule has 23 heavy (non-hydrogen) atoms. The Morgan fingerprint density at radius 1 is 1.26 bits per heavy atom. The topological polar surface area (TPSA) is 95.1 Å². The third kappa shape index (κ3) is 3.97. The Morgan fingerprint density at radius 3 is 2.52 bits per heavy atom. The zero-order valence-electron chi connectivity index (χ0n) is 13.7. The van der Waals surface area contributed by atoms with Crippen molar-refractivity contribution in [1.29, 1.82) is 0 Å². The summed E-state index contributed by atoms with van der Waals surface area (Å²) in [5.74, 6) is -1.88. The zero-order valence-corrected chi connectivity index (χ0v) is 13.7. The number of aromatic nitrogens is 2. The van der Waals surface area contributed by atoms with E-state index in [0.717, 1.165) is 5.69 Å². The van der Waals surface area contributed by atoms with Crippen molar-refractivity contribution in [2.45, 2.75) is 39.0 Å². The van der Waals surface area contributed by atoms with Crippen LogP contribution in [-0.2, 0) is 10.2 Å². The van der Waals surface area contributed by atoms with Crippen LogP contribution in [0.15, 0.2) is 30.3 Å². The first-order valence-electron chi connectivity index (χ1n) is 7.38. The zero-order chi connectivity index (χ0) is 17.2. The maximum Gasteiger partial charge on any atom is 0.310 e. The molecule has 0 spiro atoms. The molecular formula is C17H21N3O3. The van der Waals surface area contributed by atoms with E-state index in [2.05, 4.69) is 15.5 Å². The largest absolute Gasteiger partial charge is 0.481 e. The van der Waals surface area contributed by atoms with E-state index < -0.39 is 11.9 Å². The summed E-state index contributed by atoms with van der Waals surface area (Å²) in [7, 11) is 0. The Morgan fingerprint density at radius 2 is 1.96 bits per heavy atom. The molecule has 0 aliphatic heterocycles. The smallest absolute Gasteiger partial charge is 0.310 e. The van der Waals surface area contributed by atoms with Gasteiger partial charge in [0.15, 0.2) is 5.69 Å². The predicted octanol–water partition coefficient (Wildman–Crippen LogP) is 3.15. The molecule has 0 saturated heterocycles. The molecule has 2 aromatic rings. The number of H-pyrrole nitrogens is 1. The highest BCUT2D eigenvalue weighted by Crippen LogP contribution is 2.22. The van der Waals surface area contributed by atoms with Crippen molar-refractivity contribution in [3.63, 3.8) is 0 Å². The first kappa shape index (κ1) is 16.7. The van der Waals surface area contributed by atoms with Crippen molar-refractivity contribution in [3.8, 4) is 0 Å². The summed E-state index contributed by atoms with van der Waals surface area (Å²) in [6.45, 7) is 7.68. The highest BCUT2D eigenvalue weighted by Gasteiger charge is 2.20. The quantitative estimate of drug-likeness (QED) is 0.807. The van der Waals surface area contributed by atoms with Gasteiger partial charge in [-0.2, -0.15) is 5.10 Å². The van der Waals surface area contributed by atoms with Crippen LogP contribution in [0.3, 0.4) is 0 Å². The van der Waals surface area contributed by atoms with Gasteiger partial charge in [-0.1, -0.05) is 32.9 Å². The second kappa shape index (κ2) is 6.24. The number of carboxylic acids is 1. The molecule has 0 bridgehead atoms. The molecule has 6 heteroatoms. The minimum absolute atomic E-state index is 0.123. The van der Waals surface area contributed by atoms with Crippen molar-refractivity contribution < 1.29 is 14.7 Å². The summed E-state index contributed by atoms with van der Waals surface area (Å²) in [4.78, 5) is 23.3. The van der Waals surface area contributed by atoms with Crippen LogP contribution in [0.1, 0.15) is 55.4 Å². The van der Waals surface area contributed by atoms with Gasteiger partial charge < -0.3 is 10.4 Å². The Hall–Kier alpha value is -2.63. The second-order valence-electron chi connectivity index (χ2n) is 6.56. The van der Waals surface area contributed by atoms with Crippen molar-refractivity contribution >= 4 is 17.6 Å². The standard InChI is InChI=1S/C17H21N3O3/c1-10(16(22)23)11-6-5-7-12(8-11)18-15(21)13-9-14(20-19-13)17(2,3)4/h5-10H,1-4H3,(H,18,21)(H,19,20)(H,22,23). The summed E-state index contributed by atoms with van der Waals surface area (Å²) in [5.41, 5.74) is 2.22. The maximum atomic E-state index is 12.3. The van der Waals surface area contributed by atoms with Gasteiger partial charge in [0.1, 0.15) is 0 Å². The second-order valence-corrected chi connectivity index (χ2v) is 6.56. The molecular weight excluding hydrogens is 294 g/mol. The van der Waals surface area contributed by atoms with Crippen molar-refractivity contribution in [1.82, 2.24) is 10.2 Å². The van der Waals surface area contributed by atoms with E-state index in [0.29, 0.717) is 16.9 Å². The Labute approximate surface area is 134 Å². The molecule has 2 rings (SSSR count). The van der Waals surface area contributed by atoms with Crippen LogP contribution in [0.2, 0.25) is 0 Å². The van der Waals surface area contributed by atoms with Crippen molar-refractivity contribution in [2.24, 2.45) is 0 Å². The van der Waals surface area contributed by atoms with Gasteiger partial charge in [-0.25, -0.2) is 0 Å². The molecule has 1 amide bonds. The lowest BCUT2D eigenvalue weighted by Crippen LogP contribution is -2.14. The van der Waals surface area contributed by atoms with Gasteiger partial charge in [0, 0.05) is 16.8 Å². The first-order chi connectivity index (χ1) is 10.7. The number of nitrogens with zero attached hydrogens (tertiary/aromatic N) is 1. The molecule has 0 fully saturated rings. The Balaban J connectivity index is 2.16. The van der Waals surface area contributed by atoms with Crippen LogP contribution in [0, 0.1) is 0 Å². The molecule has 1 atom stereocenters. The fourth-order valence-electron chi connectivity index (χ4n) is 2.05. The molecule has 1 heterocycles. The van der Waals surface area contributed by atoms with Crippen LogP contribution in [0.25, 0.3) is 0 Å². The van der Waals surface area contributed by atoms with Crippen LogP contribution in [-0.4, -0.2) is 27.2 Å². The minimum Gasteiger partial charge on any atom is -0.481 e. The highest BCUT2D eigenvalue weighted by molar-refractivity contribution is 6.03. The predicted molar refractivity (Wildman–Crippen MR) is 87.7 cm³/mol. The lowest BCUT2D eigenvalue weighted by molar-refractivity contribution is -0.138. The fourth-order valence-corrected chi connectivity index (χ4v) is 2.05. The van der Waals surface area contributed by atoms with Gasteiger partial charge in [-0.3, -0.25) is 14.7 Å². The summed E-state index contributed by atoms with van der Waals surface area (Å²) >= 11 is 0. The highest BCUT2D eigenvalue weighted by atomic mass is 16.4. The number of carboxylic acid groups (broad SMARTS) is 1. The number of aliphatic carboxylic acids is 1. The van der Waals surface area contributed by atoms with Gasteiger partial charge in [0.2, 0.25) is 0 Å². The van der Waals surface area contributed by atoms with Crippen LogP contribution >= 0.6 is 0 Å². The van der Waals surface area contributed by atoms with Gasteiger partial charge in [0.05, 0.1) is 5.92 Å². The van der Waals surface area contributed by atoms with Gasteiger partial charge in [0.25, 0.3) is 5.91 Å². The molecule has 0 aliphatic carbocycles. The average molecular weight is 315 g/mol.